The number of nitrogens with zero attached hydrogens (tertiary/aromatic N) is 3. The van der Waals surface area contributed by atoms with Crippen LogP contribution in [0.1, 0.15) is 36.1 Å². The lowest BCUT2D eigenvalue weighted by Crippen LogP contribution is -2.37. The number of carbonyl (C=O) groups excluding carboxylic acids is 2. The minimum absolute atomic E-state index is 0.0832. The first-order valence-electron chi connectivity index (χ1n) is 8.77. The fourth-order valence-corrected chi connectivity index (χ4v) is 4.57. The summed E-state index contributed by atoms with van der Waals surface area (Å²) in [6.45, 7) is 3.56. The number of aromatic nitrogens is 1. The molecule has 2 aromatic rings. The molecule has 0 bridgehead atoms. The summed E-state index contributed by atoms with van der Waals surface area (Å²) in [5.74, 6) is 0.215. The molecular formula is C19H21N3O2S. The van der Waals surface area contributed by atoms with E-state index >= 15 is 0 Å². The van der Waals surface area contributed by atoms with Crippen molar-refractivity contribution in [3.8, 4) is 0 Å². The monoisotopic (exact) mass is 355 g/mol. The van der Waals surface area contributed by atoms with Gasteiger partial charge in [-0.1, -0.05) is 18.2 Å². The molecule has 2 amide bonds. The lowest BCUT2D eigenvalue weighted by molar-refractivity contribution is -0.118. The van der Waals surface area contributed by atoms with Gasteiger partial charge in [-0.15, -0.1) is 11.3 Å². The minimum atomic E-state index is 0.0832. The maximum Gasteiger partial charge on any atom is 0.233 e. The Balaban J connectivity index is 1.52. The third-order valence-corrected chi connectivity index (χ3v) is 5.81. The van der Waals surface area contributed by atoms with Crippen LogP contribution in [0.4, 0.5) is 10.8 Å². The lowest BCUT2D eigenvalue weighted by atomic mass is 9.98. The number of aryl methyl sites for hydroxylation is 2. The molecule has 0 atom stereocenters. The van der Waals surface area contributed by atoms with Gasteiger partial charge >= 0.3 is 0 Å². The van der Waals surface area contributed by atoms with E-state index in [1.807, 2.05) is 10.3 Å². The zero-order valence-corrected chi connectivity index (χ0v) is 15.1. The summed E-state index contributed by atoms with van der Waals surface area (Å²) in [5, 5.41) is 2.63. The van der Waals surface area contributed by atoms with E-state index in [2.05, 4.69) is 30.1 Å². The van der Waals surface area contributed by atoms with E-state index in [-0.39, 0.29) is 18.2 Å². The Kier molecular flexibility index (Phi) is 4.29. The van der Waals surface area contributed by atoms with Crippen LogP contribution in [0.25, 0.3) is 0 Å². The second-order valence-corrected chi connectivity index (χ2v) is 7.52. The summed E-state index contributed by atoms with van der Waals surface area (Å²) in [6.07, 6.45) is 3.78. The van der Waals surface area contributed by atoms with Gasteiger partial charge in [-0.3, -0.25) is 14.5 Å². The van der Waals surface area contributed by atoms with Crippen LogP contribution in [0.5, 0.6) is 0 Å². The first-order valence-corrected chi connectivity index (χ1v) is 9.65. The molecule has 2 aliphatic heterocycles. The number of rotatable bonds is 3. The van der Waals surface area contributed by atoms with Gasteiger partial charge in [0.15, 0.2) is 5.13 Å². The number of para-hydroxylation sites is 1. The average Bonchev–Trinajstić information content (AvgIpc) is 3.23. The van der Waals surface area contributed by atoms with Crippen molar-refractivity contribution in [2.24, 2.45) is 0 Å². The Bertz CT molecular complexity index is 830. The molecule has 1 aromatic carbocycles. The standard InChI is InChI=1S/C19H21N3O2S/c1-13-5-2-6-14-7-3-9-21(18(13)14)17(24)11-15-12-25-19(20-15)22-10-4-8-16(22)23/h2,5-6,12H,3-4,7-11H2,1H3. The molecule has 1 aromatic heterocycles. The van der Waals surface area contributed by atoms with Crippen molar-refractivity contribution in [3.05, 3.63) is 40.4 Å². The molecule has 3 heterocycles. The molecule has 0 saturated carbocycles. The lowest BCUT2D eigenvalue weighted by Gasteiger charge is -2.31. The van der Waals surface area contributed by atoms with Crippen molar-refractivity contribution in [2.45, 2.75) is 39.0 Å². The number of hydrogen-bond acceptors (Lipinski definition) is 4. The molecule has 25 heavy (non-hydrogen) atoms. The maximum absolute atomic E-state index is 12.9. The molecule has 6 heteroatoms. The van der Waals surface area contributed by atoms with Gasteiger partial charge < -0.3 is 4.90 Å². The van der Waals surface area contributed by atoms with Crippen LogP contribution in [-0.2, 0) is 22.4 Å². The second kappa shape index (κ2) is 6.59. The van der Waals surface area contributed by atoms with Gasteiger partial charge in [0.1, 0.15) is 0 Å². The highest BCUT2D eigenvalue weighted by atomic mass is 32.1. The summed E-state index contributed by atoms with van der Waals surface area (Å²) < 4.78 is 0. The van der Waals surface area contributed by atoms with Gasteiger partial charge in [0.05, 0.1) is 12.1 Å². The molecule has 0 unspecified atom stereocenters. The van der Waals surface area contributed by atoms with Crippen molar-refractivity contribution < 1.29 is 9.59 Å². The van der Waals surface area contributed by atoms with Gasteiger partial charge in [-0.25, -0.2) is 4.98 Å². The number of amides is 2. The van der Waals surface area contributed by atoms with Gasteiger partial charge in [-0.05, 0) is 37.3 Å². The quantitative estimate of drug-likeness (QED) is 0.850. The number of anilines is 2. The van der Waals surface area contributed by atoms with E-state index in [0.717, 1.165) is 54.4 Å². The molecule has 0 radical (unpaired) electrons. The third kappa shape index (κ3) is 3.06. The smallest absolute Gasteiger partial charge is 0.233 e. The van der Waals surface area contributed by atoms with Crippen LogP contribution in [0.15, 0.2) is 23.6 Å². The molecular weight excluding hydrogens is 334 g/mol. The second-order valence-electron chi connectivity index (χ2n) is 6.68. The summed E-state index contributed by atoms with van der Waals surface area (Å²) in [5.41, 5.74) is 4.22. The molecule has 4 rings (SSSR count). The van der Waals surface area contributed by atoms with E-state index in [1.165, 1.54) is 16.9 Å². The fraction of sp³-hybridized carbons (Fsp3) is 0.421. The number of carbonyl (C=O) groups is 2. The van der Waals surface area contributed by atoms with E-state index in [1.54, 1.807) is 4.90 Å². The van der Waals surface area contributed by atoms with Crippen molar-refractivity contribution in [3.63, 3.8) is 0 Å². The van der Waals surface area contributed by atoms with Crippen LogP contribution < -0.4 is 9.80 Å². The van der Waals surface area contributed by atoms with Gasteiger partial charge in [0.25, 0.3) is 0 Å². The summed E-state index contributed by atoms with van der Waals surface area (Å²) >= 11 is 1.45. The van der Waals surface area contributed by atoms with E-state index in [9.17, 15) is 9.59 Å². The SMILES string of the molecule is Cc1cccc2c1N(C(=O)Cc1csc(N3CCCC3=O)n1)CCC2. The molecule has 1 fully saturated rings. The molecule has 2 aliphatic rings. The summed E-state index contributed by atoms with van der Waals surface area (Å²) in [7, 11) is 0. The van der Waals surface area contributed by atoms with Gasteiger partial charge in [0, 0.05) is 30.6 Å². The maximum atomic E-state index is 12.9. The van der Waals surface area contributed by atoms with Gasteiger partial charge in [-0.2, -0.15) is 0 Å². The number of thiazole rings is 1. The van der Waals surface area contributed by atoms with E-state index < -0.39 is 0 Å². The summed E-state index contributed by atoms with van der Waals surface area (Å²) in [4.78, 5) is 32.9. The Labute approximate surface area is 151 Å². The molecule has 0 aliphatic carbocycles. The normalized spacial score (nSPS) is 17.1. The topological polar surface area (TPSA) is 53.5 Å². The van der Waals surface area contributed by atoms with Crippen molar-refractivity contribution in [1.82, 2.24) is 4.98 Å². The number of hydrogen-bond donors (Lipinski definition) is 0. The Hall–Kier alpha value is -2.21. The van der Waals surface area contributed by atoms with Crippen molar-refractivity contribution >= 4 is 34.0 Å². The zero-order valence-electron chi connectivity index (χ0n) is 14.3. The van der Waals surface area contributed by atoms with Gasteiger partial charge in [0.2, 0.25) is 11.8 Å². The molecule has 0 N–H and O–H groups in total. The van der Waals surface area contributed by atoms with Crippen LogP contribution in [0.3, 0.4) is 0 Å². The highest BCUT2D eigenvalue weighted by Crippen LogP contribution is 2.31. The third-order valence-electron chi connectivity index (χ3n) is 4.90. The van der Waals surface area contributed by atoms with Crippen molar-refractivity contribution in [1.29, 1.82) is 0 Å². The summed E-state index contributed by atoms with van der Waals surface area (Å²) in [6, 6.07) is 6.23. The highest BCUT2D eigenvalue weighted by molar-refractivity contribution is 7.14. The number of fused-ring (bicyclic) bond motifs is 1. The molecule has 5 nitrogen and oxygen atoms in total. The first-order chi connectivity index (χ1) is 12.1. The fourth-order valence-electron chi connectivity index (χ4n) is 3.70. The van der Waals surface area contributed by atoms with Crippen LogP contribution in [0.2, 0.25) is 0 Å². The first kappa shape index (κ1) is 16.3. The molecule has 130 valence electrons. The van der Waals surface area contributed by atoms with E-state index in [0.29, 0.717) is 6.42 Å². The molecule has 1 saturated heterocycles. The van der Waals surface area contributed by atoms with Crippen LogP contribution in [0, 0.1) is 6.92 Å². The van der Waals surface area contributed by atoms with Crippen LogP contribution in [-0.4, -0.2) is 29.9 Å². The highest BCUT2D eigenvalue weighted by Gasteiger charge is 2.27. The van der Waals surface area contributed by atoms with E-state index in [4.69, 9.17) is 0 Å². The minimum Gasteiger partial charge on any atom is -0.312 e. The molecule has 0 spiro atoms. The Morgan fingerprint density at radius 3 is 2.88 bits per heavy atom. The Morgan fingerprint density at radius 2 is 2.08 bits per heavy atom. The predicted molar refractivity (Wildman–Crippen MR) is 99.3 cm³/mol. The largest absolute Gasteiger partial charge is 0.312 e. The van der Waals surface area contributed by atoms with Crippen LogP contribution >= 0.6 is 11.3 Å². The predicted octanol–water partition coefficient (Wildman–Crippen LogP) is 3.10. The number of benzene rings is 1. The average molecular weight is 355 g/mol. The van der Waals surface area contributed by atoms with Crippen molar-refractivity contribution in [2.75, 3.05) is 22.9 Å². The zero-order chi connectivity index (χ0) is 17.4. The Morgan fingerprint density at radius 1 is 1.24 bits per heavy atom.